The van der Waals surface area contributed by atoms with E-state index in [9.17, 15) is 5.11 Å². The number of phenols is 1. The lowest BCUT2D eigenvalue weighted by atomic mass is 9.86. The predicted molar refractivity (Wildman–Crippen MR) is 72.1 cm³/mol. The number of benzene rings is 1. The van der Waals surface area contributed by atoms with Gasteiger partial charge in [-0.3, -0.25) is 0 Å². The summed E-state index contributed by atoms with van der Waals surface area (Å²) in [4.78, 5) is 1.23. The smallest absolute Gasteiger partial charge is 0.115 e. The van der Waals surface area contributed by atoms with Gasteiger partial charge >= 0.3 is 0 Å². The molecule has 0 atom stereocenters. The summed E-state index contributed by atoms with van der Waals surface area (Å²) in [5.74, 6) is 2.21. The minimum absolute atomic E-state index is 0.339. The molecular formula is C14H22OS. The molecule has 0 heterocycles. The fraction of sp³-hybridized carbons (Fsp3) is 0.571. The van der Waals surface area contributed by atoms with Crippen LogP contribution < -0.4 is 0 Å². The molecule has 1 N–H and O–H groups in total. The van der Waals surface area contributed by atoms with Crippen LogP contribution in [0.5, 0.6) is 5.75 Å². The van der Waals surface area contributed by atoms with Crippen molar-refractivity contribution < 1.29 is 5.11 Å². The molecule has 1 nitrogen and oxygen atoms in total. The Morgan fingerprint density at radius 1 is 1.19 bits per heavy atom. The lowest BCUT2D eigenvalue weighted by Gasteiger charge is -2.26. The average molecular weight is 238 g/mol. The van der Waals surface area contributed by atoms with Gasteiger partial charge in [0.05, 0.1) is 0 Å². The van der Waals surface area contributed by atoms with Gasteiger partial charge in [0.15, 0.2) is 0 Å². The van der Waals surface area contributed by atoms with E-state index >= 15 is 0 Å². The van der Waals surface area contributed by atoms with Crippen LogP contribution in [0.1, 0.15) is 34.1 Å². The lowest BCUT2D eigenvalue weighted by Crippen LogP contribution is -2.17. The highest BCUT2D eigenvalue weighted by atomic mass is 32.2. The standard InChI is InChI=1S/C14H22OS/c1-11(2)9-14(3,4)10-16-13-7-5-12(15)6-8-13/h5-8,11,15H,9-10H2,1-4H3. The number of hydrogen-bond acceptors (Lipinski definition) is 2. The van der Waals surface area contributed by atoms with Crippen molar-refractivity contribution in [3.63, 3.8) is 0 Å². The minimum Gasteiger partial charge on any atom is -0.508 e. The molecule has 0 aliphatic carbocycles. The summed E-state index contributed by atoms with van der Waals surface area (Å²) < 4.78 is 0. The molecular weight excluding hydrogens is 216 g/mol. The Kier molecular flexibility index (Phi) is 4.72. The fourth-order valence-electron chi connectivity index (χ4n) is 1.99. The van der Waals surface area contributed by atoms with Crippen molar-refractivity contribution in [1.82, 2.24) is 0 Å². The first-order valence-electron chi connectivity index (χ1n) is 5.81. The zero-order chi connectivity index (χ0) is 12.2. The molecule has 0 saturated carbocycles. The van der Waals surface area contributed by atoms with Crippen LogP contribution in [-0.2, 0) is 0 Å². The SMILES string of the molecule is CC(C)CC(C)(C)CSc1ccc(O)cc1. The molecule has 0 aliphatic heterocycles. The van der Waals surface area contributed by atoms with E-state index in [0.29, 0.717) is 11.2 Å². The number of rotatable bonds is 5. The second-order valence-electron chi connectivity index (χ2n) is 5.54. The highest BCUT2D eigenvalue weighted by Crippen LogP contribution is 2.33. The predicted octanol–water partition coefficient (Wildman–Crippen LogP) is 4.56. The topological polar surface area (TPSA) is 20.2 Å². The molecule has 0 saturated heterocycles. The monoisotopic (exact) mass is 238 g/mol. The Hall–Kier alpha value is -0.630. The van der Waals surface area contributed by atoms with Crippen LogP contribution in [-0.4, -0.2) is 10.9 Å². The van der Waals surface area contributed by atoms with Crippen LogP contribution in [0, 0.1) is 11.3 Å². The summed E-state index contributed by atoms with van der Waals surface area (Å²) in [6, 6.07) is 7.45. The molecule has 0 fully saturated rings. The van der Waals surface area contributed by atoms with Gasteiger partial charge in [-0.1, -0.05) is 27.7 Å². The van der Waals surface area contributed by atoms with Crippen LogP contribution in [0.3, 0.4) is 0 Å². The maximum Gasteiger partial charge on any atom is 0.115 e. The van der Waals surface area contributed by atoms with E-state index in [2.05, 4.69) is 27.7 Å². The van der Waals surface area contributed by atoms with Crippen LogP contribution in [0.15, 0.2) is 29.2 Å². The Bertz CT molecular complexity index is 314. The molecule has 2 heteroatoms. The lowest BCUT2D eigenvalue weighted by molar-refractivity contribution is 0.328. The first kappa shape index (κ1) is 13.4. The van der Waals surface area contributed by atoms with Crippen molar-refractivity contribution in [2.75, 3.05) is 5.75 Å². The van der Waals surface area contributed by atoms with Gasteiger partial charge in [-0.15, -0.1) is 11.8 Å². The van der Waals surface area contributed by atoms with Crippen molar-refractivity contribution in [3.05, 3.63) is 24.3 Å². The van der Waals surface area contributed by atoms with Gasteiger partial charge in [0.25, 0.3) is 0 Å². The van der Waals surface area contributed by atoms with Crippen molar-refractivity contribution >= 4 is 11.8 Å². The van der Waals surface area contributed by atoms with Crippen molar-refractivity contribution in [2.45, 2.75) is 39.0 Å². The van der Waals surface area contributed by atoms with Crippen LogP contribution in [0.4, 0.5) is 0 Å². The number of aromatic hydroxyl groups is 1. The molecule has 16 heavy (non-hydrogen) atoms. The highest BCUT2D eigenvalue weighted by Gasteiger charge is 2.19. The first-order chi connectivity index (χ1) is 7.39. The normalized spacial score (nSPS) is 12.1. The number of thioether (sulfide) groups is 1. The van der Waals surface area contributed by atoms with Crippen molar-refractivity contribution in [1.29, 1.82) is 0 Å². The zero-order valence-electron chi connectivity index (χ0n) is 10.7. The Morgan fingerprint density at radius 2 is 1.75 bits per heavy atom. The molecule has 90 valence electrons. The zero-order valence-corrected chi connectivity index (χ0v) is 11.5. The highest BCUT2D eigenvalue weighted by molar-refractivity contribution is 7.99. The van der Waals surface area contributed by atoms with E-state index in [1.54, 1.807) is 12.1 Å². The summed E-state index contributed by atoms with van der Waals surface area (Å²) in [5.41, 5.74) is 0.372. The van der Waals surface area contributed by atoms with Crippen LogP contribution in [0.25, 0.3) is 0 Å². The summed E-state index contributed by atoms with van der Waals surface area (Å²) in [7, 11) is 0. The molecule has 0 aromatic heterocycles. The molecule has 0 aliphatic rings. The van der Waals surface area contributed by atoms with E-state index in [4.69, 9.17) is 0 Å². The van der Waals surface area contributed by atoms with Gasteiger partial charge in [0, 0.05) is 10.6 Å². The van der Waals surface area contributed by atoms with Gasteiger partial charge in [0.2, 0.25) is 0 Å². The largest absolute Gasteiger partial charge is 0.508 e. The molecule has 0 unspecified atom stereocenters. The molecule has 0 spiro atoms. The van der Waals surface area contributed by atoms with Gasteiger partial charge in [0.1, 0.15) is 5.75 Å². The Morgan fingerprint density at radius 3 is 2.25 bits per heavy atom. The molecule has 1 aromatic carbocycles. The molecule has 0 bridgehead atoms. The number of phenolic OH excluding ortho intramolecular Hbond substituents is 1. The first-order valence-corrected chi connectivity index (χ1v) is 6.79. The van der Waals surface area contributed by atoms with E-state index in [1.807, 2.05) is 23.9 Å². The quantitative estimate of drug-likeness (QED) is 0.759. The Labute approximate surface area is 103 Å². The summed E-state index contributed by atoms with van der Waals surface area (Å²) in [6.45, 7) is 9.18. The third-order valence-electron chi connectivity index (χ3n) is 2.43. The molecule has 0 amide bonds. The minimum atomic E-state index is 0.339. The second-order valence-corrected chi connectivity index (χ2v) is 6.59. The maximum absolute atomic E-state index is 9.19. The molecule has 0 radical (unpaired) electrons. The van der Waals surface area contributed by atoms with E-state index in [-0.39, 0.29) is 0 Å². The van der Waals surface area contributed by atoms with Gasteiger partial charge in [-0.25, -0.2) is 0 Å². The van der Waals surface area contributed by atoms with Crippen LogP contribution in [0.2, 0.25) is 0 Å². The van der Waals surface area contributed by atoms with Gasteiger partial charge in [-0.05, 0) is 42.0 Å². The summed E-state index contributed by atoms with van der Waals surface area (Å²) in [5, 5.41) is 9.19. The molecule has 1 rings (SSSR count). The fourth-order valence-corrected chi connectivity index (χ4v) is 2.99. The summed E-state index contributed by atoms with van der Waals surface area (Å²) >= 11 is 1.87. The Balaban J connectivity index is 2.47. The second kappa shape index (κ2) is 5.62. The van der Waals surface area contributed by atoms with Gasteiger partial charge < -0.3 is 5.11 Å². The average Bonchev–Trinajstić information content (AvgIpc) is 2.15. The third kappa shape index (κ3) is 4.93. The maximum atomic E-state index is 9.19. The number of hydrogen-bond donors (Lipinski definition) is 1. The van der Waals surface area contributed by atoms with Gasteiger partial charge in [-0.2, -0.15) is 0 Å². The van der Waals surface area contributed by atoms with Crippen molar-refractivity contribution in [3.8, 4) is 5.75 Å². The van der Waals surface area contributed by atoms with E-state index in [0.717, 1.165) is 11.7 Å². The van der Waals surface area contributed by atoms with E-state index in [1.165, 1.54) is 11.3 Å². The molecule has 1 aromatic rings. The third-order valence-corrected chi connectivity index (χ3v) is 3.96. The van der Waals surface area contributed by atoms with Crippen molar-refractivity contribution in [2.24, 2.45) is 11.3 Å². The summed E-state index contributed by atoms with van der Waals surface area (Å²) in [6.07, 6.45) is 1.25. The van der Waals surface area contributed by atoms with E-state index < -0.39 is 0 Å². The van der Waals surface area contributed by atoms with Crippen LogP contribution >= 0.6 is 11.8 Å².